The van der Waals surface area contributed by atoms with Gasteiger partial charge in [0.1, 0.15) is 0 Å². The maximum atomic E-state index is 12.6. The van der Waals surface area contributed by atoms with E-state index in [1.807, 2.05) is 6.07 Å². The third-order valence-electron chi connectivity index (χ3n) is 4.91. The Morgan fingerprint density at radius 1 is 1.23 bits per heavy atom. The summed E-state index contributed by atoms with van der Waals surface area (Å²) in [6.07, 6.45) is 3.95. The Morgan fingerprint density at radius 2 is 1.92 bits per heavy atom. The average Bonchev–Trinajstić information content (AvgIpc) is 3.11. The predicted molar refractivity (Wildman–Crippen MR) is 103 cm³/mol. The first-order valence-electron chi connectivity index (χ1n) is 8.93. The number of nitrogens with two attached hydrogens (primary N) is 1. The van der Waals surface area contributed by atoms with Crippen LogP contribution in [0.15, 0.2) is 29.3 Å². The van der Waals surface area contributed by atoms with Gasteiger partial charge in [-0.25, -0.2) is 0 Å². The molecule has 7 heteroatoms. The first-order valence-corrected chi connectivity index (χ1v) is 8.93. The van der Waals surface area contributed by atoms with Crippen molar-refractivity contribution in [1.29, 1.82) is 0 Å². The number of nitrogens with zero attached hydrogens (tertiary/aromatic N) is 2. The van der Waals surface area contributed by atoms with Gasteiger partial charge < -0.3 is 21.3 Å². The Hall–Kier alpha value is -2.57. The van der Waals surface area contributed by atoms with Crippen LogP contribution in [-0.2, 0) is 11.3 Å². The smallest absolute Gasteiger partial charge is 0.248 e. The van der Waals surface area contributed by atoms with Gasteiger partial charge in [-0.1, -0.05) is 25.0 Å². The highest BCUT2D eigenvalue weighted by Gasteiger charge is 2.42. The quantitative estimate of drug-likeness (QED) is 0.523. The molecule has 0 radical (unpaired) electrons. The lowest BCUT2D eigenvalue weighted by Crippen LogP contribution is -2.49. The molecule has 0 atom stereocenters. The normalized spacial score (nSPS) is 16.2. The lowest BCUT2D eigenvalue weighted by atomic mass is 9.84. The van der Waals surface area contributed by atoms with E-state index in [2.05, 4.69) is 15.6 Å². The van der Waals surface area contributed by atoms with E-state index < -0.39 is 5.91 Å². The van der Waals surface area contributed by atoms with E-state index in [-0.39, 0.29) is 11.3 Å². The Kier molecular flexibility index (Phi) is 6.60. The molecule has 0 aliphatic heterocycles. The number of primary amides is 1. The number of hydrogen-bond acceptors (Lipinski definition) is 3. The third-order valence-corrected chi connectivity index (χ3v) is 4.91. The van der Waals surface area contributed by atoms with Crippen LogP contribution in [-0.4, -0.2) is 50.4 Å². The number of benzene rings is 1. The number of guanidine groups is 1. The first kappa shape index (κ1) is 19.8. The van der Waals surface area contributed by atoms with Crippen molar-refractivity contribution in [3.8, 4) is 0 Å². The molecule has 1 saturated carbocycles. The van der Waals surface area contributed by atoms with Crippen LogP contribution in [0.5, 0.6) is 0 Å². The van der Waals surface area contributed by atoms with Gasteiger partial charge in [-0.3, -0.25) is 14.6 Å². The summed E-state index contributed by atoms with van der Waals surface area (Å²) in [6, 6.07) is 7.17. The molecule has 0 spiro atoms. The molecule has 0 saturated heterocycles. The molecular formula is C19H29N5O2. The van der Waals surface area contributed by atoms with Gasteiger partial charge in [0, 0.05) is 39.8 Å². The minimum atomic E-state index is -0.445. The summed E-state index contributed by atoms with van der Waals surface area (Å²) in [4.78, 5) is 29.8. The Morgan fingerprint density at radius 3 is 2.50 bits per heavy atom. The number of nitrogens with one attached hydrogen (secondary N) is 2. The van der Waals surface area contributed by atoms with E-state index in [1.54, 1.807) is 44.2 Å². The number of aliphatic imine (C=N–C) groups is 1. The summed E-state index contributed by atoms with van der Waals surface area (Å²) in [5.74, 6) is 0.360. The maximum Gasteiger partial charge on any atom is 0.248 e. The molecule has 2 rings (SSSR count). The largest absolute Gasteiger partial charge is 0.366 e. The van der Waals surface area contributed by atoms with Gasteiger partial charge in [0.15, 0.2) is 5.96 Å². The van der Waals surface area contributed by atoms with Crippen LogP contribution in [0.1, 0.15) is 41.6 Å². The fraction of sp³-hybridized carbons (Fsp3) is 0.526. The van der Waals surface area contributed by atoms with Crippen LogP contribution in [0.25, 0.3) is 0 Å². The zero-order valence-corrected chi connectivity index (χ0v) is 15.8. The predicted octanol–water partition coefficient (Wildman–Crippen LogP) is 1.10. The van der Waals surface area contributed by atoms with Gasteiger partial charge >= 0.3 is 0 Å². The molecule has 1 aliphatic carbocycles. The van der Waals surface area contributed by atoms with Gasteiger partial charge in [-0.15, -0.1) is 0 Å². The second-order valence-electron chi connectivity index (χ2n) is 7.03. The van der Waals surface area contributed by atoms with E-state index >= 15 is 0 Å². The van der Waals surface area contributed by atoms with Crippen molar-refractivity contribution in [2.24, 2.45) is 16.1 Å². The summed E-state index contributed by atoms with van der Waals surface area (Å²) in [6.45, 7) is 1.07. The Labute approximate surface area is 155 Å². The van der Waals surface area contributed by atoms with Gasteiger partial charge in [-0.2, -0.15) is 0 Å². The minimum absolute atomic E-state index is 0.173. The third kappa shape index (κ3) is 4.74. The van der Waals surface area contributed by atoms with Gasteiger partial charge in [0.05, 0.1) is 5.41 Å². The molecule has 0 unspecified atom stereocenters. The van der Waals surface area contributed by atoms with Gasteiger partial charge in [-0.05, 0) is 30.5 Å². The van der Waals surface area contributed by atoms with Crippen molar-refractivity contribution in [1.82, 2.24) is 15.5 Å². The summed E-state index contributed by atoms with van der Waals surface area (Å²) in [5, 5.41) is 6.52. The van der Waals surface area contributed by atoms with Crippen molar-refractivity contribution in [3.63, 3.8) is 0 Å². The molecule has 0 aromatic heterocycles. The van der Waals surface area contributed by atoms with E-state index in [4.69, 9.17) is 5.73 Å². The molecule has 1 aromatic rings. The van der Waals surface area contributed by atoms with E-state index in [9.17, 15) is 9.59 Å². The molecule has 1 fully saturated rings. The highest BCUT2D eigenvalue weighted by molar-refractivity contribution is 5.93. The fourth-order valence-electron chi connectivity index (χ4n) is 3.49. The van der Waals surface area contributed by atoms with Crippen LogP contribution < -0.4 is 16.4 Å². The molecule has 0 heterocycles. The Bertz CT molecular complexity index is 678. The summed E-state index contributed by atoms with van der Waals surface area (Å²) in [5.41, 5.74) is 6.38. The second kappa shape index (κ2) is 8.69. The molecule has 1 aliphatic rings. The van der Waals surface area contributed by atoms with Crippen LogP contribution in [0.3, 0.4) is 0 Å². The molecular weight excluding hydrogens is 330 g/mol. The molecule has 4 N–H and O–H groups in total. The fourth-order valence-corrected chi connectivity index (χ4v) is 3.49. The number of carbonyl (C=O) groups is 2. The summed E-state index contributed by atoms with van der Waals surface area (Å²) in [7, 11) is 5.31. The standard InChI is InChI=1S/C19H29N5O2/c1-21-18(22-12-14-7-6-8-15(11-14)16(20)25)23-13-19(9-4-5-10-19)17(26)24(2)3/h6-8,11H,4-5,9-10,12-13H2,1-3H3,(H2,20,25)(H2,21,22,23). The summed E-state index contributed by atoms with van der Waals surface area (Å²) < 4.78 is 0. The summed E-state index contributed by atoms with van der Waals surface area (Å²) >= 11 is 0. The minimum Gasteiger partial charge on any atom is -0.366 e. The van der Waals surface area contributed by atoms with Crippen molar-refractivity contribution >= 4 is 17.8 Å². The van der Waals surface area contributed by atoms with Crippen molar-refractivity contribution in [3.05, 3.63) is 35.4 Å². The van der Waals surface area contributed by atoms with Crippen LogP contribution in [0, 0.1) is 5.41 Å². The van der Waals surface area contributed by atoms with Gasteiger partial charge in [0.2, 0.25) is 11.8 Å². The molecule has 26 heavy (non-hydrogen) atoms. The van der Waals surface area contributed by atoms with Crippen LogP contribution in [0.2, 0.25) is 0 Å². The monoisotopic (exact) mass is 359 g/mol. The second-order valence-corrected chi connectivity index (χ2v) is 7.03. The highest BCUT2D eigenvalue weighted by atomic mass is 16.2. The molecule has 142 valence electrons. The Balaban J connectivity index is 1.96. The van der Waals surface area contributed by atoms with E-state index in [0.717, 1.165) is 31.2 Å². The number of carbonyl (C=O) groups excluding carboxylic acids is 2. The lowest BCUT2D eigenvalue weighted by molar-refractivity contribution is -0.138. The zero-order valence-electron chi connectivity index (χ0n) is 15.8. The molecule has 2 amide bonds. The van der Waals surface area contributed by atoms with Crippen molar-refractivity contribution in [2.45, 2.75) is 32.2 Å². The van der Waals surface area contributed by atoms with Crippen molar-refractivity contribution < 1.29 is 9.59 Å². The number of rotatable bonds is 6. The van der Waals surface area contributed by atoms with Crippen molar-refractivity contribution in [2.75, 3.05) is 27.7 Å². The number of amides is 2. The number of hydrogen-bond donors (Lipinski definition) is 3. The highest BCUT2D eigenvalue weighted by Crippen LogP contribution is 2.38. The van der Waals surface area contributed by atoms with Crippen LogP contribution >= 0.6 is 0 Å². The average molecular weight is 359 g/mol. The van der Waals surface area contributed by atoms with Crippen LogP contribution in [0.4, 0.5) is 0 Å². The lowest BCUT2D eigenvalue weighted by Gasteiger charge is -2.31. The molecule has 7 nitrogen and oxygen atoms in total. The van der Waals surface area contributed by atoms with E-state index in [0.29, 0.717) is 24.6 Å². The maximum absolute atomic E-state index is 12.6. The SMILES string of the molecule is CN=C(NCc1cccc(C(N)=O)c1)NCC1(C(=O)N(C)C)CCCC1. The topological polar surface area (TPSA) is 99.8 Å². The van der Waals surface area contributed by atoms with Gasteiger partial charge in [0.25, 0.3) is 0 Å². The first-order chi connectivity index (χ1) is 12.4. The molecule has 1 aromatic carbocycles. The van der Waals surface area contributed by atoms with E-state index in [1.165, 1.54) is 0 Å². The zero-order chi connectivity index (χ0) is 19.2. The molecule has 0 bridgehead atoms.